The highest BCUT2D eigenvalue weighted by atomic mass is 16.5. The number of ether oxygens (including phenoxy) is 1. The van der Waals surface area contributed by atoms with Crippen molar-refractivity contribution in [2.75, 3.05) is 31.6 Å². The molecule has 0 saturated heterocycles. The smallest absolute Gasteiger partial charge is 0.234 e. The van der Waals surface area contributed by atoms with Gasteiger partial charge in [0.1, 0.15) is 0 Å². The molecular weight excluding hydrogens is 204 g/mol. The highest BCUT2D eigenvalue weighted by molar-refractivity contribution is 5.36. The molecule has 1 atom stereocenters. The maximum atomic E-state index is 5.59. The van der Waals surface area contributed by atoms with E-state index in [2.05, 4.69) is 16.9 Å². The zero-order valence-electron chi connectivity index (χ0n) is 10.2. The Morgan fingerprint density at radius 2 is 2.25 bits per heavy atom. The molecule has 90 valence electrons. The van der Waals surface area contributed by atoms with Crippen LogP contribution in [0.25, 0.3) is 0 Å². The van der Waals surface area contributed by atoms with Gasteiger partial charge in [0.05, 0.1) is 19.0 Å². The van der Waals surface area contributed by atoms with Crippen molar-refractivity contribution in [2.24, 2.45) is 11.7 Å². The first-order valence-corrected chi connectivity index (χ1v) is 5.53. The summed E-state index contributed by atoms with van der Waals surface area (Å²) < 4.78 is 5.30. The zero-order chi connectivity index (χ0) is 12.0. The van der Waals surface area contributed by atoms with E-state index in [0.717, 1.165) is 12.4 Å². The van der Waals surface area contributed by atoms with E-state index in [1.165, 1.54) is 0 Å². The van der Waals surface area contributed by atoms with Crippen molar-refractivity contribution in [3.8, 4) is 5.88 Å². The summed E-state index contributed by atoms with van der Waals surface area (Å²) in [5.41, 5.74) is 5.59. The van der Waals surface area contributed by atoms with E-state index in [1.807, 2.05) is 18.9 Å². The van der Waals surface area contributed by atoms with Gasteiger partial charge in [-0.1, -0.05) is 6.92 Å². The van der Waals surface area contributed by atoms with Crippen molar-refractivity contribution in [3.63, 3.8) is 0 Å². The molecule has 1 unspecified atom stereocenters. The van der Waals surface area contributed by atoms with Gasteiger partial charge in [0.15, 0.2) is 5.82 Å². The maximum Gasteiger partial charge on any atom is 0.234 e. The molecule has 0 radical (unpaired) electrons. The molecule has 5 heteroatoms. The van der Waals surface area contributed by atoms with Gasteiger partial charge in [0, 0.05) is 13.6 Å². The van der Waals surface area contributed by atoms with Gasteiger partial charge in [-0.25, -0.2) is 0 Å². The standard InChI is InChI=1S/C11H20N4O/c1-4-16-11-7-13-6-10(14-11)15(3)8-9(2)5-12/h6-7,9H,4-5,8,12H2,1-3H3. The summed E-state index contributed by atoms with van der Waals surface area (Å²) in [5, 5.41) is 0. The maximum absolute atomic E-state index is 5.59. The van der Waals surface area contributed by atoms with Crippen LogP contribution in [0.2, 0.25) is 0 Å². The third kappa shape index (κ3) is 3.66. The molecule has 0 aliphatic rings. The summed E-state index contributed by atoms with van der Waals surface area (Å²) in [6.45, 7) is 6.16. The second-order valence-electron chi connectivity index (χ2n) is 3.87. The lowest BCUT2D eigenvalue weighted by molar-refractivity contribution is 0.325. The number of anilines is 1. The molecule has 0 amide bonds. The van der Waals surface area contributed by atoms with Gasteiger partial charge in [-0.15, -0.1) is 0 Å². The molecule has 1 heterocycles. The van der Waals surface area contributed by atoms with E-state index in [1.54, 1.807) is 12.4 Å². The second-order valence-corrected chi connectivity index (χ2v) is 3.87. The minimum absolute atomic E-state index is 0.433. The van der Waals surface area contributed by atoms with Crippen molar-refractivity contribution >= 4 is 5.82 Å². The van der Waals surface area contributed by atoms with Gasteiger partial charge in [0.25, 0.3) is 0 Å². The van der Waals surface area contributed by atoms with E-state index in [9.17, 15) is 0 Å². The van der Waals surface area contributed by atoms with Crippen LogP contribution >= 0.6 is 0 Å². The highest BCUT2D eigenvalue weighted by Crippen LogP contribution is 2.13. The highest BCUT2D eigenvalue weighted by Gasteiger charge is 2.08. The Bertz CT molecular complexity index is 319. The van der Waals surface area contributed by atoms with Crippen molar-refractivity contribution in [1.29, 1.82) is 0 Å². The average Bonchev–Trinajstić information content (AvgIpc) is 2.29. The van der Waals surface area contributed by atoms with Gasteiger partial charge >= 0.3 is 0 Å². The van der Waals surface area contributed by atoms with Crippen LogP contribution in [0, 0.1) is 5.92 Å². The minimum atomic E-state index is 0.433. The predicted octanol–water partition coefficient (Wildman–Crippen LogP) is 0.906. The lowest BCUT2D eigenvalue weighted by Crippen LogP contribution is -2.28. The van der Waals surface area contributed by atoms with Gasteiger partial charge < -0.3 is 15.4 Å². The molecule has 0 aromatic carbocycles. The molecule has 0 aliphatic heterocycles. The van der Waals surface area contributed by atoms with E-state index in [0.29, 0.717) is 24.9 Å². The predicted molar refractivity (Wildman–Crippen MR) is 64.7 cm³/mol. The number of nitrogens with two attached hydrogens (primary N) is 1. The zero-order valence-corrected chi connectivity index (χ0v) is 10.2. The largest absolute Gasteiger partial charge is 0.477 e. The fraction of sp³-hybridized carbons (Fsp3) is 0.636. The fourth-order valence-electron chi connectivity index (χ4n) is 1.38. The summed E-state index contributed by atoms with van der Waals surface area (Å²) in [5.74, 6) is 1.81. The fourth-order valence-corrected chi connectivity index (χ4v) is 1.38. The molecule has 0 saturated carbocycles. The first kappa shape index (κ1) is 12.7. The number of rotatable bonds is 6. The van der Waals surface area contributed by atoms with Gasteiger partial charge in [-0.3, -0.25) is 4.98 Å². The van der Waals surface area contributed by atoms with Crippen LogP contribution in [0.5, 0.6) is 5.88 Å². The Balaban J connectivity index is 2.67. The summed E-state index contributed by atoms with van der Waals surface area (Å²) in [6, 6.07) is 0. The Labute approximate surface area is 96.6 Å². The molecule has 1 rings (SSSR count). The second kappa shape index (κ2) is 6.27. The molecule has 1 aromatic rings. The lowest BCUT2D eigenvalue weighted by Gasteiger charge is -2.21. The van der Waals surface area contributed by atoms with Crippen LogP contribution in [0.1, 0.15) is 13.8 Å². The first-order chi connectivity index (χ1) is 7.67. The summed E-state index contributed by atoms with van der Waals surface area (Å²) in [4.78, 5) is 10.5. The van der Waals surface area contributed by atoms with Crippen LogP contribution in [0.4, 0.5) is 5.82 Å². The van der Waals surface area contributed by atoms with E-state index in [4.69, 9.17) is 10.5 Å². The van der Waals surface area contributed by atoms with Crippen LogP contribution in [0.15, 0.2) is 12.4 Å². The SMILES string of the molecule is CCOc1cncc(N(C)CC(C)CN)n1. The number of hydrogen-bond donors (Lipinski definition) is 1. The topological polar surface area (TPSA) is 64.3 Å². The van der Waals surface area contributed by atoms with Crippen LogP contribution in [-0.2, 0) is 0 Å². The molecule has 0 fully saturated rings. The number of nitrogens with zero attached hydrogens (tertiary/aromatic N) is 3. The van der Waals surface area contributed by atoms with Crippen molar-refractivity contribution in [2.45, 2.75) is 13.8 Å². The van der Waals surface area contributed by atoms with E-state index >= 15 is 0 Å². The Hall–Kier alpha value is -1.36. The quantitative estimate of drug-likeness (QED) is 0.778. The van der Waals surface area contributed by atoms with E-state index < -0.39 is 0 Å². The van der Waals surface area contributed by atoms with Gasteiger partial charge in [-0.2, -0.15) is 4.98 Å². The molecule has 2 N–H and O–H groups in total. The normalized spacial score (nSPS) is 12.2. The first-order valence-electron chi connectivity index (χ1n) is 5.53. The Morgan fingerprint density at radius 1 is 1.50 bits per heavy atom. The molecule has 5 nitrogen and oxygen atoms in total. The Morgan fingerprint density at radius 3 is 2.88 bits per heavy atom. The average molecular weight is 224 g/mol. The van der Waals surface area contributed by atoms with Crippen molar-refractivity contribution in [3.05, 3.63) is 12.4 Å². The van der Waals surface area contributed by atoms with Gasteiger partial charge in [-0.05, 0) is 19.4 Å². The number of hydrogen-bond acceptors (Lipinski definition) is 5. The summed E-state index contributed by atoms with van der Waals surface area (Å²) >= 11 is 0. The van der Waals surface area contributed by atoms with Gasteiger partial charge in [0.2, 0.25) is 5.88 Å². The number of aromatic nitrogens is 2. The summed E-state index contributed by atoms with van der Waals surface area (Å²) in [6.07, 6.45) is 3.35. The van der Waals surface area contributed by atoms with E-state index in [-0.39, 0.29) is 0 Å². The molecule has 0 bridgehead atoms. The van der Waals surface area contributed by atoms with Crippen LogP contribution in [-0.4, -0.2) is 36.7 Å². The summed E-state index contributed by atoms with van der Waals surface area (Å²) in [7, 11) is 1.98. The van der Waals surface area contributed by atoms with Crippen molar-refractivity contribution in [1.82, 2.24) is 9.97 Å². The molecule has 0 spiro atoms. The molecule has 0 aliphatic carbocycles. The monoisotopic (exact) mass is 224 g/mol. The van der Waals surface area contributed by atoms with Crippen LogP contribution < -0.4 is 15.4 Å². The third-order valence-corrected chi connectivity index (χ3v) is 2.27. The molecular formula is C11H20N4O. The minimum Gasteiger partial charge on any atom is -0.477 e. The third-order valence-electron chi connectivity index (χ3n) is 2.27. The molecule has 1 aromatic heterocycles. The lowest BCUT2D eigenvalue weighted by atomic mass is 10.2. The molecule has 16 heavy (non-hydrogen) atoms. The Kier molecular flexibility index (Phi) is 4.98. The van der Waals surface area contributed by atoms with Crippen molar-refractivity contribution < 1.29 is 4.74 Å². The van der Waals surface area contributed by atoms with Crippen LogP contribution in [0.3, 0.4) is 0 Å².